The molecular formula is C17H22F3NO4. The van der Waals surface area contributed by atoms with Crippen LogP contribution >= 0.6 is 0 Å². The van der Waals surface area contributed by atoms with Crippen molar-refractivity contribution in [1.29, 1.82) is 0 Å². The third kappa shape index (κ3) is 5.95. The monoisotopic (exact) mass is 361 g/mol. The van der Waals surface area contributed by atoms with Crippen LogP contribution in [-0.2, 0) is 15.0 Å². The minimum Gasteiger partial charge on any atom is -0.481 e. The van der Waals surface area contributed by atoms with Crippen LogP contribution in [-0.4, -0.2) is 29.9 Å². The molecule has 0 heterocycles. The zero-order valence-corrected chi connectivity index (χ0v) is 14.5. The molecule has 2 N–H and O–H groups in total. The minimum atomic E-state index is -4.77. The Bertz CT molecular complexity index is 622. The lowest BCUT2D eigenvalue weighted by atomic mass is 9.83. The summed E-state index contributed by atoms with van der Waals surface area (Å²) in [5.41, 5.74) is -1.45. The Morgan fingerprint density at radius 1 is 1.08 bits per heavy atom. The highest BCUT2D eigenvalue weighted by atomic mass is 19.4. The summed E-state index contributed by atoms with van der Waals surface area (Å²) < 4.78 is 40.3. The van der Waals surface area contributed by atoms with E-state index in [1.807, 2.05) is 0 Å². The van der Waals surface area contributed by atoms with Gasteiger partial charge in [-0.05, 0) is 51.8 Å². The highest BCUT2D eigenvalue weighted by Crippen LogP contribution is 2.28. The van der Waals surface area contributed by atoms with Crippen molar-refractivity contribution in [2.45, 2.75) is 45.9 Å². The lowest BCUT2D eigenvalue weighted by Crippen LogP contribution is -2.42. The molecule has 0 radical (unpaired) electrons. The van der Waals surface area contributed by atoms with Gasteiger partial charge in [-0.2, -0.15) is 0 Å². The largest absolute Gasteiger partial charge is 0.573 e. The topological polar surface area (TPSA) is 75.6 Å². The Kier molecular flexibility index (Phi) is 6.09. The van der Waals surface area contributed by atoms with E-state index in [1.54, 1.807) is 27.7 Å². The average Bonchev–Trinajstić information content (AvgIpc) is 2.45. The fraction of sp³-hybridized carbons (Fsp3) is 0.529. The number of benzene rings is 1. The molecule has 0 aromatic heterocycles. The van der Waals surface area contributed by atoms with E-state index in [0.717, 1.165) is 12.1 Å². The SMILES string of the molecule is CC(C)(CCNC(=O)C(C)(C)c1ccc(OC(F)(F)F)cc1)C(=O)O. The Labute approximate surface area is 144 Å². The normalized spacial score (nSPS) is 12.6. The first kappa shape index (κ1) is 20.8. The van der Waals surface area contributed by atoms with Gasteiger partial charge in [-0.15, -0.1) is 13.2 Å². The van der Waals surface area contributed by atoms with Gasteiger partial charge in [-0.1, -0.05) is 12.1 Å². The first-order valence-electron chi connectivity index (χ1n) is 7.64. The second-order valence-corrected chi connectivity index (χ2v) is 6.89. The fourth-order valence-electron chi connectivity index (χ4n) is 2.02. The summed E-state index contributed by atoms with van der Waals surface area (Å²) in [4.78, 5) is 23.4. The lowest BCUT2D eigenvalue weighted by Gasteiger charge is -2.26. The molecule has 1 aromatic rings. The maximum Gasteiger partial charge on any atom is 0.573 e. The Morgan fingerprint density at radius 2 is 1.60 bits per heavy atom. The third-order valence-corrected chi connectivity index (χ3v) is 3.99. The number of hydrogen-bond acceptors (Lipinski definition) is 3. The second kappa shape index (κ2) is 7.33. The number of rotatable bonds is 7. The van der Waals surface area contributed by atoms with E-state index in [4.69, 9.17) is 5.11 Å². The standard InChI is InChI=1S/C17H22F3NO4/c1-15(2,14(23)24)9-10-21-13(22)16(3,4)11-5-7-12(8-6-11)25-17(18,19)20/h5-8H,9-10H2,1-4H3,(H,21,22)(H,23,24). The molecule has 0 atom stereocenters. The molecule has 0 saturated heterocycles. The van der Waals surface area contributed by atoms with Gasteiger partial charge in [0, 0.05) is 6.54 Å². The number of carboxylic acids is 1. The molecule has 0 aliphatic heterocycles. The second-order valence-electron chi connectivity index (χ2n) is 6.89. The number of nitrogens with one attached hydrogen (secondary N) is 1. The van der Waals surface area contributed by atoms with Crippen LogP contribution < -0.4 is 10.1 Å². The number of hydrogen-bond donors (Lipinski definition) is 2. The van der Waals surface area contributed by atoms with Crippen molar-refractivity contribution < 1.29 is 32.6 Å². The molecule has 140 valence electrons. The lowest BCUT2D eigenvalue weighted by molar-refractivity contribution is -0.274. The summed E-state index contributed by atoms with van der Waals surface area (Å²) in [6, 6.07) is 5.07. The van der Waals surface area contributed by atoms with E-state index in [1.165, 1.54) is 12.1 Å². The van der Waals surface area contributed by atoms with E-state index < -0.39 is 23.2 Å². The molecule has 8 heteroatoms. The highest BCUT2D eigenvalue weighted by molar-refractivity contribution is 5.87. The van der Waals surface area contributed by atoms with Crippen molar-refractivity contribution in [3.63, 3.8) is 0 Å². The van der Waals surface area contributed by atoms with Gasteiger partial charge < -0.3 is 15.2 Å². The van der Waals surface area contributed by atoms with Gasteiger partial charge in [-0.25, -0.2) is 0 Å². The number of halogens is 3. The predicted octanol–water partition coefficient (Wildman–Crippen LogP) is 3.48. The summed E-state index contributed by atoms with van der Waals surface area (Å²) in [6.07, 6.45) is -4.52. The summed E-state index contributed by atoms with van der Waals surface area (Å²) in [5.74, 6) is -1.67. The van der Waals surface area contributed by atoms with E-state index in [9.17, 15) is 22.8 Å². The minimum absolute atomic E-state index is 0.177. The van der Waals surface area contributed by atoms with Crippen molar-refractivity contribution in [3.05, 3.63) is 29.8 Å². The number of ether oxygens (including phenoxy) is 1. The van der Waals surface area contributed by atoms with Gasteiger partial charge >= 0.3 is 12.3 Å². The van der Waals surface area contributed by atoms with E-state index in [2.05, 4.69) is 10.1 Å². The van der Waals surface area contributed by atoms with Gasteiger partial charge in [0.15, 0.2) is 0 Å². The van der Waals surface area contributed by atoms with Crippen LogP contribution in [0.1, 0.15) is 39.7 Å². The van der Waals surface area contributed by atoms with Crippen LogP contribution in [0.4, 0.5) is 13.2 Å². The van der Waals surface area contributed by atoms with Crippen LogP contribution in [0, 0.1) is 5.41 Å². The van der Waals surface area contributed by atoms with E-state index >= 15 is 0 Å². The molecule has 0 aliphatic carbocycles. The van der Waals surface area contributed by atoms with Crippen molar-refractivity contribution in [3.8, 4) is 5.75 Å². The maximum atomic E-state index is 12.4. The van der Waals surface area contributed by atoms with Gasteiger partial charge in [0.25, 0.3) is 0 Å². The molecule has 1 aromatic carbocycles. The van der Waals surface area contributed by atoms with E-state index in [0.29, 0.717) is 5.56 Å². The number of aliphatic carboxylic acids is 1. The molecule has 0 saturated carbocycles. The van der Waals surface area contributed by atoms with Gasteiger partial charge in [-0.3, -0.25) is 9.59 Å². The predicted molar refractivity (Wildman–Crippen MR) is 85.2 cm³/mol. The molecule has 0 spiro atoms. The molecular weight excluding hydrogens is 339 g/mol. The summed E-state index contributed by atoms with van der Waals surface area (Å²) in [6.45, 7) is 6.56. The maximum absolute atomic E-state index is 12.4. The van der Waals surface area contributed by atoms with Crippen molar-refractivity contribution in [2.75, 3.05) is 6.54 Å². The molecule has 0 bridgehead atoms. The molecule has 1 amide bonds. The summed E-state index contributed by atoms with van der Waals surface area (Å²) in [5, 5.41) is 11.7. The zero-order valence-electron chi connectivity index (χ0n) is 14.5. The number of alkyl halides is 3. The smallest absolute Gasteiger partial charge is 0.481 e. The van der Waals surface area contributed by atoms with Crippen LogP contribution in [0.25, 0.3) is 0 Å². The number of carbonyl (C=O) groups excluding carboxylic acids is 1. The summed E-state index contributed by atoms with van der Waals surface area (Å²) in [7, 11) is 0. The quantitative estimate of drug-likeness (QED) is 0.780. The number of carbonyl (C=O) groups is 2. The van der Waals surface area contributed by atoms with Crippen LogP contribution in [0.15, 0.2) is 24.3 Å². The Hall–Kier alpha value is -2.25. The average molecular weight is 361 g/mol. The van der Waals surface area contributed by atoms with Gasteiger partial charge in [0.2, 0.25) is 5.91 Å². The first-order valence-corrected chi connectivity index (χ1v) is 7.64. The van der Waals surface area contributed by atoms with Crippen molar-refractivity contribution >= 4 is 11.9 Å². The molecule has 0 aliphatic rings. The zero-order chi connectivity index (χ0) is 19.5. The number of amides is 1. The fourth-order valence-corrected chi connectivity index (χ4v) is 2.02. The molecule has 25 heavy (non-hydrogen) atoms. The third-order valence-electron chi connectivity index (χ3n) is 3.99. The molecule has 0 fully saturated rings. The Morgan fingerprint density at radius 3 is 2.04 bits per heavy atom. The van der Waals surface area contributed by atoms with E-state index in [-0.39, 0.29) is 24.6 Å². The van der Waals surface area contributed by atoms with Gasteiger partial charge in [0.05, 0.1) is 10.8 Å². The summed E-state index contributed by atoms with van der Waals surface area (Å²) >= 11 is 0. The van der Waals surface area contributed by atoms with Crippen molar-refractivity contribution in [1.82, 2.24) is 5.32 Å². The van der Waals surface area contributed by atoms with Crippen LogP contribution in [0.2, 0.25) is 0 Å². The highest BCUT2D eigenvalue weighted by Gasteiger charge is 2.33. The number of carboxylic acid groups (broad SMARTS) is 1. The van der Waals surface area contributed by atoms with Crippen molar-refractivity contribution in [2.24, 2.45) is 5.41 Å². The first-order chi connectivity index (χ1) is 11.3. The Balaban J connectivity index is 2.73. The molecule has 1 rings (SSSR count). The van der Waals surface area contributed by atoms with Gasteiger partial charge in [0.1, 0.15) is 5.75 Å². The molecule has 0 unspecified atom stereocenters. The molecule has 5 nitrogen and oxygen atoms in total. The van der Waals surface area contributed by atoms with Crippen LogP contribution in [0.3, 0.4) is 0 Å². The van der Waals surface area contributed by atoms with Crippen LogP contribution in [0.5, 0.6) is 5.75 Å².